The number of likely N-dealkylation sites (tertiary alicyclic amines) is 1. The predicted molar refractivity (Wildman–Crippen MR) is 92.9 cm³/mol. The Kier molecular flexibility index (Phi) is 4.20. The lowest BCUT2D eigenvalue weighted by Crippen LogP contribution is -2.40. The van der Waals surface area contributed by atoms with Gasteiger partial charge in [0.05, 0.1) is 5.54 Å². The highest BCUT2D eigenvalue weighted by Crippen LogP contribution is 2.40. The van der Waals surface area contributed by atoms with Crippen LogP contribution < -0.4 is 5.32 Å². The zero-order valence-corrected chi connectivity index (χ0v) is 15.7. The van der Waals surface area contributed by atoms with Crippen LogP contribution in [-0.2, 0) is 23.2 Å². The second kappa shape index (κ2) is 6.43. The molecule has 2 aromatic heterocycles. The molecule has 0 radical (unpaired) electrons. The van der Waals surface area contributed by atoms with Crippen LogP contribution in [0.15, 0.2) is 4.52 Å². The number of fused-ring (bicyclic) bond motifs is 2. The van der Waals surface area contributed by atoms with E-state index in [0.29, 0.717) is 30.6 Å². The highest BCUT2D eigenvalue weighted by molar-refractivity contribution is 5.91. The van der Waals surface area contributed by atoms with Crippen LogP contribution in [0, 0.1) is 6.92 Å². The maximum absolute atomic E-state index is 12.7. The van der Waals surface area contributed by atoms with E-state index in [4.69, 9.17) is 4.52 Å². The third kappa shape index (κ3) is 3.08. The second-order valence-corrected chi connectivity index (χ2v) is 7.61. The molecule has 0 saturated carbocycles. The summed E-state index contributed by atoms with van der Waals surface area (Å²) in [6, 6.07) is 0.0160. The van der Waals surface area contributed by atoms with E-state index in [1.165, 1.54) is 0 Å². The summed E-state index contributed by atoms with van der Waals surface area (Å²) in [4.78, 5) is 31.1. The average molecular weight is 373 g/mol. The van der Waals surface area contributed by atoms with Crippen molar-refractivity contribution >= 4 is 11.8 Å². The van der Waals surface area contributed by atoms with Crippen molar-refractivity contribution in [3.63, 3.8) is 0 Å². The summed E-state index contributed by atoms with van der Waals surface area (Å²) in [6.07, 6.45) is 2.47. The number of aryl methyl sites for hydroxylation is 2. The fraction of sp³-hybridized carbons (Fsp3) is 0.647. The number of amides is 2. The number of rotatable bonds is 4. The lowest BCUT2D eigenvalue weighted by atomic mass is 9.95. The van der Waals surface area contributed by atoms with Gasteiger partial charge in [-0.2, -0.15) is 4.98 Å². The fourth-order valence-electron chi connectivity index (χ4n) is 4.02. The molecule has 4 heterocycles. The van der Waals surface area contributed by atoms with Crippen molar-refractivity contribution in [2.75, 3.05) is 13.1 Å². The predicted octanol–water partition coefficient (Wildman–Crippen LogP) is 0.224. The minimum atomic E-state index is -0.317. The molecule has 0 bridgehead atoms. The van der Waals surface area contributed by atoms with E-state index in [1.54, 1.807) is 11.8 Å². The quantitative estimate of drug-likeness (QED) is 0.814. The van der Waals surface area contributed by atoms with E-state index in [0.717, 1.165) is 25.1 Å². The zero-order valence-electron chi connectivity index (χ0n) is 15.7. The molecule has 27 heavy (non-hydrogen) atoms. The molecule has 2 amide bonds. The summed E-state index contributed by atoms with van der Waals surface area (Å²) in [6.45, 7) is 6.69. The van der Waals surface area contributed by atoms with Crippen molar-refractivity contribution in [3.8, 4) is 0 Å². The molecule has 1 N–H and O–H groups in total. The largest absolute Gasteiger partial charge is 0.347 e. The van der Waals surface area contributed by atoms with Gasteiger partial charge in [0, 0.05) is 25.6 Å². The molecule has 10 heteroatoms. The van der Waals surface area contributed by atoms with Crippen molar-refractivity contribution in [2.45, 2.75) is 58.0 Å². The lowest BCUT2D eigenvalue weighted by Gasteiger charge is -2.27. The molecule has 1 saturated heterocycles. The molecule has 0 aromatic carbocycles. The van der Waals surface area contributed by atoms with Crippen molar-refractivity contribution in [1.29, 1.82) is 0 Å². The molecule has 144 valence electrons. The van der Waals surface area contributed by atoms with Crippen LogP contribution in [0.5, 0.6) is 0 Å². The third-order valence-electron chi connectivity index (χ3n) is 5.20. The molecule has 2 aliphatic heterocycles. The van der Waals surface area contributed by atoms with Gasteiger partial charge in [-0.3, -0.25) is 14.2 Å². The van der Waals surface area contributed by atoms with Gasteiger partial charge in [0.2, 0.25) is 17.6 Å². The Hall–Kier alpha value is -2.78. The van der Waals surface area contributed by atoms with Gasteiger partial charge >= 0.3 is 0 Å². The summed E-state index contributed by atoms with van der Waals surface area (Å²) in [5.41, 5.74) is -0.317. The zero-order chi connectivity index (χ0) is 19.2. The maximum atomic E-state index is 12.7. The molecule has 1 atom stereocenters. The SMILES string of the molecule is Cc1noc(CC(=O)N2CCC3(CCc4nnc(C(=O)NC(C)C)n43)C2)n1. The van der Waals surface area contributed by atoms with Gasteiger partial charge in [-0.1, -0.05) is 5.16 Å². The van der Waals surface area contributed by atoms with Crippen molar-refractivity contribution in [2.24, 2.45) is 0 Å². The molecule has 10 nitrogen and oxygen atoms in total. The van der Waals surface area contributed by atoms with Gasteiger partial charge < -0.3 is 14.7 Å². The summed E-state index contributed by atoms with van der Waals surface area (Å²) in [5, 5.41) is 14.9. The highest BCUT2D eigenvalue weighted by atomic mass is 16.5. The highest BCUT2D eigenvalue weighted by Gasteiger charge is 2.48. The Morgan fingerprint density at radius 3 is 2.81 bits per heavy atom. The Morgan fingerprint density at radius 2 is 2.11 bits per heavy atom. The maximum Gasteiger partial charge on any atom is 0.289 e. The number of nitrogens with one attached hydrogen (secondary N) is 1. The number of hydrogen-bond donors (Lipinski definition) is 1. The van der Waals surface area contributed by atoms with E-state index >= 15 is 0 Å². The topological polar surface area (TPSA) is 119 Å². The van der Waals surface area contributed by atoms with Gasteiger partial charge in [-0.25, -0.2) is 0 Å². The van der Waals surface area contributed by atoms with Crippen molar-refractivity contribution < 1.29 is 14.1 Å². The van der Waals surface area contributed by atoms with Gasteiger partial charge in [-0.15, -0.1) is 10.2 Å². The number of hydrogen-bond acceptors (Lipinski definition) is 7. The summed E-state index contributed by atoms with van der Waals surface area (Å²) < 4.78 is 7.01. The van der Waals surface area contributed by atoms with Crippen LogP contribution >= 0.6 is 0 Å². The molecule has 2 aliphatic rings. The molecule has 0 aliphatic carbocycles. The molecule has 2 aromatic rings. The van der Waals surface area contributed by atoms with Gasteiger partial charge in [0.15, 0.2) is 5.82 Å². The van der Waals surface area contributed by atoms with E-state index in [9.17, 15) is 9.59 Å². The van der Waals surface area contributed by atoms with Crippen LogP contribution in [-0.4, -0.2) is 60.8 Å². The first-order valence-electron chi connectivity index (χ1n) is 9.20. The molecule has 1 fully saturated rings. The monoisotopic (exact) mass is 373 g/mol. The van der Waals surface area contributed by atoms with E-state index < -0.39 is 0 Å². The summed E-state index contributed by atoms with van der Waals surface area (Å²) in [5.74, 6) is 1.71. The Morgan fingerprint density at radius 1 is 1.30 bits per heavy atom. The number of carbonyl (C=O) groups excluding carboxylic acids is 2. The van der Waals surface area contributed by atoms with E-state index in [1.807, 2.05) is 18.4 Å². The number of carbonyl (C=O) groups is 2. The van der Waals surface area contributed by atoms with Gasteiger partial charge in [0.25, 0.3) is 5.91 Å². The Labute approximate surface area is 156 Å². The first-order valence-corrected chi connectivity index (χ1v) is 9.20. The number of nitrogens with zero attached hydrogens (tertiary/aromatic N) is 6. The standard InChI is InChI=1S/C17H23N7O3/c1-10(2)18-16(26)15-21-20-12-4-5-17(24(12)15)6-7-23(9-17)14(25)8-13-19-11(3)22-27-13/h10H,4-9H2,1-3H3,(H,18,26). The first kappa shape index (κ1) is 17.6. The third-order valence-corrected chi connectivity index (χ3v) is 5.20. The van der Waals surface area contributed by atoms with E-state index in [-0.39, 0.29) is 29.8 Å². The minimum absolute atomic E-state index is 0.0160. The average Bonchev–Trinajstić information content (AvgIpc) is 3.34. The molecule has 1 unspecified atom stereocenters. The fourth-order valence-corrected chi connectivity index (χ4v) is 4.02. The van der Waals surface area contributed by atoms with Gasteiger partial charge in [-0.05, 0) is 33.6 Å². The molecule has 1 spiro atoms. The first-order chi connectivity index (χ1) is 12.9. The van der Waals surface area contributed by atoms with Crippen LogP contribution in [0.3, 0.4) is 0 Å². The van der Waals surface area contributed by atoms with Crippen LogP contribution in [0.25, 0.3) is 0 Å². The molecular weight excluding hydrogens is 350 g/mol. The Bertz CT molecular complexity index is 887. The minimum Gasteiger partial charge on any atom is -0.347 e. The summed E-state index contributed by atoms with van der Waals surface area (Å²) >= 11 is 0. The van der Waals surface area contributed by atoms with Crippen molar-refractivity contribution in [1.82, 2.24) is 35.1 Å². The van der Waals surface area contributed by atoms with Crippen LogP contribution in [0.2, 0.25) is 0 Å². The smallest absolute Gasteiger partial charge is 0.289 e. The molecular formula is C17H23N7O3. The summed E-state index contributed by atoms with van der Waals surface area (Å²) in [7, 11) is 0. The number of aromatic nitrogens is 5. The Balaban J connectivity index is 1.53. The van der Waals surface area contributed by atoms with Crippen LogP contribution in [0.1, 0.15) is 54.8 Å². The molecule has 4 rings (SSSR count). The van der Waals surface area contributed by atoms with Gasteiger partial charge in [0.1, 0.15) is 12.2 Å². The van der Waals surface area contributed by atoms with Crippen LogP contribution in [0.4, 0.5) is 0 Å². The van der Waals surface area contributed by atoms with Crippen molar-refractivity contribution in [3.05, 3.63) is 23.4 Å². The van der Waals surface area contributed by atoms with E-state index in [2.05, 4.69) is 25.7 Å². The normalized spacial score (nSPS) is 21.3. The lowest BCUT2D eigenvalue weighted by molar-refractivity contribution is -0.130. The second-order valence-electron chi connectivity index (χ2n) is 7.61.